The molecule has 0 amide bonds. The van der Waals surface area contributed by atoms with Gasteiger partial charge in [-0.2, -0.15) is 0 Å². The van der Waals surface area contributed by atoms with E-state index in [2.05, 4.69) is 4.98 Å². The van der Waals surface area contributed by atoms with Crippen LogP contribution >= 0.6 is 11.6 Å². The molecule has 0 spiro atoms. The molecule has 3 aromatic rings. The van der Waals surface area contributed by atoms with Crippen molar-refractivity contribution in [3.63, 3.8) is 0 Å². The van der Waals surface area contributed by atoms with Crippen LogP contribution in [-0.4, -0.2) is 14.7 Å². The molecule has 4 nitrogen and oxygen atoms in total. The van der Waals surface area contributed by atoms with Gasteiger partial charge in [0, 0.05) is 29.9 Å². The molecule has 1 heterocycles. The zero-order chi connectivity index (χ0) is 16.9. The highest BCUT2D eigenvalue weighted by molar-refractivity contribution is 6.30. The molecule has 0 radical (unpaired) electrons. The fourth-order valence-corrected chi connectivity index (χ4v) is 2.65. The molecule has 0 saturated carbocycles. The van der Waals surface area contributed by atoms with E-state index in [1.54, 1.807) is 24.7 Å². The van der Waals surface area contributed by atoms with Crippen molar-refractivity contribution in [2.75, 3.05) is 0 Å². The quantitative estimate of drug-likeness (QED) is 0.706. The molecule has 0 fully saturated rings. The van der Waals surface area contributed by atoms with Crippen LogP contribution in [0.15, 0.2) is 67.3 Å². The monoisotopic (exact) mass is 342 g/mol. The minimum atomic E-state index is -0.544. The highest BCUT2D eigenvalue weighted by Gasteiger charge is 2.17. The molecule has 1 aromatic heterocycles. The van der Waals surface area contributed by atoms with Crippen LogP contribution in [0, 0.1) is 5.92 Å². The SMILES string of the molecule is CC(Cn1ccnc1)C(O)c1ccc(Oc2ccc(Cl)cc2)cc1. The van der Waals surface area contributed by atoms with Crippen molar-refractivity contribution in [2.24, 2.45) is 5.92 Å². The first-order valence-corrected chi connectivity index (χ1v) is 8.17. The number of rotatable bonds is 6. The molecule has 5 heteroatoms. The third-order valence-electron chi connectivity index (χ3n) is 3.87. The molecule has 2 atom stereocenters. The molecule has 0 aliphatic carbocycles. The number of ether oxygens (including phenoxy) is 1. The van der Waals surface area contributed by atoms with Gasteiger partial charge in [0.25, 0.3) is 0 Å². The van der Waals surface area contributed by atoms with Gasteiger partial charge in [0.15, 0.2) is 0 Å². The lowest BCUT2D eigenvalue weighted by Gasteiger charge is -2.20. The predicted octanol–water partition coefficient (Wildman–Crippen LogP) is 4.70. The molecule has 2 unspecified atom stereocenters. The van der Waals surface area contributed by atoms with Crippen molar-refractivity contribution in [1.29, 1.82) is 0 Å². The number of halogens is 1. The van der Waals surface area contributed by atoms with E-state index in [4.69, 9.17) is 16.3 Å². The first kappa shape index (κ1) is 16.6. The number of aromatic nitrogens is 2. The second-order valence-electron chi connectivity index (χ2n) is 5.81. The maximum atomic E-state index is 10.5. The summed E-state index contributed by atoms with van der Waals surface area (Å²) < 4.78 is 7.73. The van der Waals surface area contributed by atoms with Crippen LogP contribution in [0.3, 0.4) is 0 Å². The number of aliphatic hydroxyl groups is 1. The van der Waals surface area contributed by atoms with Crippen LogP contribution in [0.25, 0.3) is 0 Å². The van der Waals surface area contributed by atoms with E-state index in [1.165, 1.54) is 0 Å². The Bertz CT molecular complexity index is 755. The molecular formula is C19H19ClN2O2. The fraction of sp³-hybridized carbons (Fsp3) is 0.211. The standard InChI is InChI=1S/C19H19ClN2O2/c1-14(12-22-11-10-21-13-22)19(23)15-2-6-17(7-3-15)24-18-8-4-16(20)5-9-18/h2-11,13-14,19,23H,12H2,1H3. The Hall–Kier alpha value is -2.30. The third kappa shape index (κ3) is 4.16. The van der Waals surface area contributed by atoms with Gasteiger partial charge in [-0.05, 0) is 42.0 Å². The lowest BCUT2D eigenvalue weighted by molar-refractivity contribution is 0.107. The van der Waals surface area contributed by atoms with Crippen molar-refractivity contribution in [3.05, 3.63) is 77.8 Å². The topological polar surface area (TPSA) is 47.3 Å². The number of aliphatic hydroxyl groups excluding tert-OH is 1. The van der Waals surface area contributed by atoms with E-state index in [9.17, 15) is 5.11 Å². The number of hydrogen-bond acceptors (Lipinski definition) is 3. The van der Waals surface area contributed by atoms with Gasteiger partial charge in [0.05, 0.1) is 12.4 Å². The van der Waals surface area contributed by atoms with Gasteiger partial charge in [0.2, 0.25) is 0 Å². The minimum Gasteiger partial charge on any atom is -0.457 e. The highest BCUT2D eigenvalue weighted by atomic mass is 35.5. The largest absolute Gasteiger partial charge is 0.457 e. The van der Waals surface area contributed by atoms with E-state index in [0.29, 0.717) is 11.6 Å². The first-order chi connectivity index (χ1) is 11.6. The maximum Gasteiger partial charge on any atom is 0.127 e. The van der Waals surface area contributed by atoms with Crippen molar-refractivity contribution in [3.8, 4) is 11.5 Å². The molecule has 0 saturated heterocycles. The van der Waals surface area contributed by atoms with Gasteiger partial charge in [-0.25, -0.2) is 4.98 Å². The summed E-state index contributed by atoms with van der Waals surface area (Å²) in [5.41, 5.74) is 0.867. The number of imidazole rings is 1. The Kier molecular flexibility index (Phi) is 5.18. The van der Waals surface area contributed by atoms with E-state index in [0.717, 1.165) is 17.1 Å². The van der Waals surface area contributed by atoms with Crippen molar-refractivity contribution < 1.29 is 9.84 Å². The lowest BCUT2D eigenvalue weighted by atomic mass is 9.97. The van der Waals surface area contributed by atoms with Gasteiger partial charge in [0.1, 0.15) is 11.5 Å². The predicted molar refractivity (Wildman–Crippen MR) is 94.3 cm³/mol. The van der Waals surface area contributed by atoms with Crippen molar-refractivity contribution in [1.82, 2.24) is 9.55 Å². The summed E-state index contributed by atoms with van der Waals surface area (Å²) in [6.07, 6.45) is 4.84. The minimum absolute atomic E-state index is 0.0715. The van der Waals surface area contributed by atoms with Gasteiger partial charge in [-0.3, -0.25) is 0 Å². The summed E-state index contributed by atoms with van der Waals surface area (Å²) >= 11 is 5.86. The molecule has 24 heavy (non-hydrogen) atoms. The average Bonchev–Trinajstić information content (AvgIpc) is 3.10. The smallest absolute Gasteiger partial charge is 0.127 e. The molecule has 2 aromatic carbocycles. The van der Waals surface area contributed by atoms with Crippen LogP contribution in [0.4, 0.5) is 0 Å². The fourth-order valence-electron chi connectivity index (χ4n) is 2.53. The number of hydrogen-bond donors (Lipinski definition) is 1. The van der Waals surface area contributed by atoms with Crippen LogP contribution in [0.2, 0.25) is 5.02 Å². The van der Waals surface area contributed by atoms with Crippen molar-refractivity contribution >= 4 is 11.6 Å². The van der Waals surface area contributed by atoms with Gasteiger partial charge < -0.3 is 14.4 Å². The summed E-state index contributed by atoms with van der Waals surface area (Å²) in [4.78, 5) is 4.02. The summed E-state index contributed by atoms with van der Waals surface area (Å²) in [7, 11) is 0. The Morgan fingerprint density at radius 1 is 1.08 bits per heavy atom. The Morgan fingerprint density at radius 3 is 2.29 bits per heavy atom. The van der Waals surface area contributed by atoms with E-state index in [1.807, 2.05) is 54.1 Å². The number of nitrogens with zero attached hydrogens (tertiary/aromatic N) is 2. The van der Waals surface area contributed by atoms with Crippen LogP contribution < -0.4 is 4.74 Å². The van der Waals surface area contributed by atoms with Gasteiger partial charge >= 0.3 is 0 Å². The highest BCUT2D eigenvalue weighted by Crippen LogP contribution is 2.27. The van der Waals surface area contributed by atoms with E-state index >= 15 is 0 Å². The molecule has 0 aliphatic heterocycles. The molecule has 1 N–H and O–H groups in total. The molecule has 0 bridgehead atoms. The second-order valence-corrected chi connectivity index (χ2v) is 6.24. The molecule has 0 aliphatic rings. The third-order valence-corrected chi connectivity index (χ3v) is 4.12. The first-order valence-electron chi connectivity index (χ1n) is 7.79. The zero-order valence-corrected chi connectivity index (χ0v) is 14.1. The van der Waals surface area contributed by atoms with E-state index in [-0.39, 0.29) is 5.92 Å². The van der Waals surface area contributed by atoms with Gasteiger partial charge in [-0.15, -0.1) is 0 Å². The second kappa shape index (κ2) is 7.51. The zero-order valence-electron chi connectivity index (χ0n) is 13.3. The molecular weight excluding hydrogens is 324 g/mol. The lowest BCUT2D eigenvalue weighted by Crippen LogP contribution is -2.15. The summed E-state index contributed by atoms with van der Waals surface area (Å²) in [6, 6.07) is 14.7. The summed E-state index contributed by atoms with van der Waals surface area (Å²) in [6.45, 7) is 2.73. The van der Waals surface area contributed by atoms with Crippen LogP contribution in [0.1, 0.15) is 18.6 Å². The van der Waals surface area contributed by atoms with Gasteiger partial charge in [-0.1, -0.05) is 30.7 Å². The number of benzene rings is 2. The molecule has 3 rings (SSSR count). The summed E-state index contributed by atoms with van der Waals surface area (Å²) in [5, 5.41) is 11.2. The van der Waals surface area contributed by atoms with Crippen molar-refractivity contribution in [2.45, 2.75) is 19.6 Å². The van der Waals surface area contributed by atoms with Crippen LogP contribution in [-0.2, 0) is 6.54 Å². The maximum absolute atomic E-state index is 10.5. The Labute approximate surface area is 146 Å². The Balaban J connectivity index is 1.63. The normalized spacial score (nSPS) is 13.5. The van der Waals surface area contributed by atoms with Crippen LogP contribution in [0.5, 0.6) is 11.5 Å². The summed E-state index contributed by atoms with van der Waals surface area (Å²) in [5.74, 6) is 1.51. The molecule has 124 valence electrons. The Morgan fingerprint density at radius 2 is 1.71 bits per heavy atom. The average molecular weight is 343 g/mol. The van der Waals surface area contributed by atoms with E-state index < -0.39 is 6.10 Å².